The summed E-state index contributed by atoms with van der Waals surface area (Å²) in [5.74, 6) is -0.677. The second-order valence-electron chi connectivity index (χ2n) is 4.52. The second-order valence-corrected chi connectivity index (χ2v) is 5.51. The van der Waals surface area contributed by atoms with Crippen LogP contribution in [0.5, 0.6) is 0 Å². The molecule has 1 aromatic heterocycles. The molecule has 1 aliphatic rings. The highest BCUT2D eigenvalue weighted by Gasteiger charge is 2.34. The summed E-state index contributed by atoms with van der Waals surface area (Å²) in [5, 5.41) is -0.317. The molecular formula is C15H11FN2O2S. The Labute approximate surface area is 124 Å². The van der Waals surface area contributed by atoms with Crippen molar-refractivity contribution in [3.05, 3.63) is 64.6 Å². The van der Waals surface area contributed by atoms with Gasteiger partial charge >= 0.3 is 0 Å². The van der Waals surface area contributed by atoms with E-state index in [0.29, 0.717) is 10.5 Å². The van der Waals surface area contributed by atoms with Crippen molar-refractivity contribution >= 4 is 29.0 Å². The Kier molecular flexibility index (Phi) is 3.62. The van der Waals surface area contributed by atoms with E-state index >= 15 is 0 Å². The summed E-state index contributed by atoms with van der Waals surface area (Å²) in [7, 11) is 0. The Morgan fingerprint density at radius 3 is 2.62 bits per heavy atom. The van der Waals surface area contributed by atoms with Crippen molar-refractivity contribution < 1.29 is 14.0 Å². The monoisotopic (exact) mass is 302 g/mol. The van der Waals surface area contributed by atoms with Crippen molar-refractivity contribution in [1.29, 1.82) is 0 Å². The highest BCUT2D eigenvalue weighted by Crippen LogP contribution is 2.33. The number of halogens is 1. The van der Waals surface area contributed by atoms with Crippen molar-refractivity contribution in [1.82, 2.24) is 9.88 Å². The highest BCUT2D eigenvalue weighted by atomic mass is 32.2. The molecule has 2 amide bonds. The van der Waals surface area contributed by atoms with E-state index in [2.05, 4.69) is 4.98 Å². The first-order valence-electron chi connectivity index (χ1n) is 6.27. The van der Waals surface area contributed by atoms with Crippen LogP contribution >= 0.6 is 11.8 Å². The summed E-state index contributed by atoms with van der Waals surface area (Å²) in [6.07, 6.45) is 3.39. The SMILES string of the molecule is O=C1S/C(=C\c2ccc[nH]2)C(=O)N1Cc1ccc(F)cc1. The summed E-state index contributed by atoms with van der Waals surface area (Å²) >= 11 is 0.907. The van der Waals surface area contributed by atoms with Crippen LogP contribution in [-0.4, -0.2) is 21.0 Å². The van der Waals surface area contributed by atoms with E-state index < -0.39 is 0 Å². The number of carbonyl (C=O) groups excluding carboxylic acids is 2. The fourth-order valence-electron chi connectivity index (χ4n) is 1.98. The van der Waals surface area contributed by atoms with Gasteiger partial charge in [0.2, 0.25) is 0 Å². The van der Waals surface area contributed by atoms with Gasteiger partial charge in [-0.2, -0.15) is 0 Å². The smallest absolute Gasteiger partial charge is 0.293 e. The van der Waals surface area contributed by atoms with Gasteiger partial charge in [0.05, 0.1) is 11.4 Å². The van der Waals surface area contributed by atoms with Crippen LogP contribution in [-0.2, 0) is 11.3 Å². The molecule has 1 N–H and O–H groups in total. The van der Waals surface area contributed by atoms with Crippen LogP contribution in [0.2, 0.25) is 0 Å². The van der Waals surface area contributed by atoms with Gasteiger partial charge in [-0.15, -0.1) is 0 Å². The van der Waals surface area contributed by atoms with Gasteiger partial charge in [0.15, 0.2) is 0 Å². The lowest BCUT2D eigenvalue weighted by atomic mass is 10.2. The average molecular weight is 302 g/mol. The van der Waals surface area contributed by atoms with Crippen molar-refractivity contribution in [2.45, 2.75) is 6.54 Å². The zero-order valence-electron chi connectivity index (χ0n) is 10.9. The van der Waals surface area contributed by atoms with Gasteiger partial charge < -0.3 is 4.98 Å². The summed E-state index contributed by atoms with van der Waals surface area (Å²) in [5.41, 5.74) is 1.47. The molecule has 4 nitrogen and oxygen atoms in total. The average Bonchev–Trinajstić information content (AvgIpc) is 3.06. The van der Waals surface area contributed by atoms with Gasteiger partial charge in [-0.3, -0.25) is 14.5 Å². The molecule has 1 fully saturated rings. The number of thioether (sulfide) groups is 1. The van der Waals surface area contributed by atoms with Gasteiger partial charge in [-0.25, -0.2) is 4.39 Å². The van der Waals surface area contributed by atoms with E-state index in [0.717, 1.165) is 22.4 Å². The molecule has 0 spiro atoms. The Hall–Kier alpha value is -2.34. The van der Waals surface area contributed by atoms with Gasteiger partial charge in [0.25, 0.3) is 11.1 Å². The standard InChI is InChI=1S/C15H11FN2O2S/c16-11-5-3-10(4-6-11)9-18-14(19)13(21-15(18)20)8-12-2-1-7-17-12/h1-8,17H,9H2/b13-8-. The summed E-state index contributed by atoms with van der Waals surface area (Å²) < 4.78 is 12.9. The maximum Gasteiger partial charge on any atom is 0.293 e. The third-order valence-corrected chi connectivity index (χ3v) is 3.94. The molecule has 2 aromatic rings. The van der Waals surface area contributed by atoms with Crippen LogP contribution in [0.3, 0.4) is 0 Å². The van der Waals surface area contributed by atoms with Crippen LogP contribution in [0.4, 0.5) is 9.18 Å². The number of hydrogen-bond acceptors (Lipinski definition) is 3. The van der Waals surface area contributed by atoms with Crippen LogP contribution in [0.1, 0.15) is 11.3 Å². The minimum atomic E-state index is -0.348. The number of H-pyrrole nitrogens is 1. The lowest BCUT2D eigenvalue weighted by Crippen LogP contribution is -2.27. The molecule has 0 unspecified atom stereocenters. The zero-order chi connectivity index (χ0) is 14.8. The lowest BCUT2D eigenvalue weighted by molar-refractivity contribution is -0.123. The topological polar surface area (TPSA) is 53.2 Å². The molecule has 0 saturated carbocycles. The number of aromatic nitrogens is 1. The molecule has 21 heavy (non-hydrogen) atoms. The molecule has 3 rings (SSSR count). The predicted molar refractivity (Wildman–Crippen MR) is 78.7 cm³/mol. The van der Waals surface area contributed by atoms with Gasteiger partial charge in [-0.1, -0.05) is 12.1 Å². The number of imide groups is 1. The van der Waals surface area contributed by atoms with Crippen LogP contribution < -0.4 is 0 Å². The first kappa shape index (κ1) is 13.6. The fraction of sp³-hybridized carbons (Fsp3) is 0.0667. The molecule has 0 atom stereocenters. The van der Waals surface area contributed by atoms with Gasteiger partial charge in [-0.05, 0) is 47.7 Å². The number of amides is 2. The second kappa shape index (κ2) is 5.57. The lowest BCUT2D eigenvalue weighted by Gasteiger charge is -2.12. The predicted octanol–water partition coefficient (Wildman–Crippen LogP) is 3.39. The summed E-state index contributed by atoms with van der Waals surface area (Å²) in [6, 6.07) is 9.37. The van der Waals surface area contributed by atoms with E-state index in [1.165, 1.54) is 12.1 Å². The van der Waals surface area contributed by atoms with Crippen LogP contribution in [0, 0.1) is 5.82 Å². The quantitative estimate of drug-likeness (QED) is 0.884. The Morgan fingerprint density at radius 2 is 1.95 bits per heavy atom. The number of hydrogen-bond donors (Lipinski definition) is 1. The van der Waals surface area contributed by atoms with E-state index in [4.69, 9.17) is 0 Å². The largest absolute Gasteiger partial charge is 0.362 e. The fourth-order valence-corrected chi connectivity index (χ4v) is 2.81. The summed E-state index contributed by atoms with van der Waals surface area (Å²) in [4.78, 5) is 28.7. The van der Waals surface area contributed by atoms with E-state index in [1.54, 1.807) is 24.4 Å². The van der Waals surface area contributed by atoms with E-state index in [-0.39, 0.29) is 23.5 Å². The third kappa shape index (κ3) is 2.90. The minimum Gasteiger partial charge on any atom is -0.362 e. The number of aromatic amines is 1. The molecular weight excluding hydrogens is 291 g/mol. The molecule has 1 aliphatic heterocycles. The molecule has 0 radical (unpaired) electrons. The number of nitrogens with one attached hydrogen (secondary N) is 1. The maximum absolute atomic E-state index is 12.9. The maximum atomic E-state index is 12.9. The number of nitrogens with zero attached hydrogens (tertiary/aromatic N) is 1. The van der Waals surface area contributed by atoms with Crippen molar-refractivity contribution in [2.24, 2.45) is 0 Å². The van der Waals surface area contributed by atoms with Gasteiger partial charge in [0.1, 0.15) is 5.82 Å². The highest BCUT2D eigenvalue weighted by molar-refractivity contribution is 8.18. The first-order chi connectivity index (χ1) is 10.1. The minimum absolute atomic E-state index is 0.146. The van der Waals surface area contributed by atoms with Crippen molar-refractivity contribution in [3.63, 3.8) is 0 Å². The number of carbonyl (C=O) groups is 2. The Morgan fingerprint density at radius 1 is 1.19 bits per heavy atom. The third-order valence-electron chi connectivity index (χ3n) is 3.04. The zero-order valence-corrected chi connectivity index (χ0v) is 11.7. The Bertz CT molecular complexity index is 708. The molecule has 1 saturated heterocycles. The molecule has 106 valence electrons. The molecule has 1 aromatic carbocycles. The molecule has 6 heteroatoms. The molecule has 0 aliphatic carbocycles. The van der Waals surface area contributed by atoms with Crippen molar-refractivity contribution in [3.8, 4) is 0 Å². The van der Waals surface area contributed by atoms with Crippen LogP contribution in [0.25, 0.3) is 6.08 Å². The van der Waals surface area contributed by atoms with E-state index in [1.807, 2.05) is 12.1 Å². The first-order valence-corrected chi connectivity index (χ1v) is 7.08. The number of rotatable bonds is 3. The van der Waals surface area contributed by atoms with Gasteiger partial charge in [0, 0.05) is 11.9 Å². The van der Waals surface area contributed by atoms with Crippen LogP contribution in [0.15, 0.2) is 47.5 Å². The van der Waals surface area contributed by atoms with Crippen molar-refractivity contribution in [2.75, 3.05) is 0 Å². The normalized spacial score (nSPS) is 17.0. The number of benzene rings is 1. The summed E-state index contributed by atoms with van der Waals surface area (Å²) in [6.45, 7) is 0.146. The Balaban J connectivity index is 1.79. The van der Waals surface area contributed by atoms with E-state index in [9.17, 15) is 14.0 Å². The molecule has 0 bridgehead atoms. The molecule has 2 heterocycles.